The molecule has 1 fully saturated rings. The lowest BCUT2D eigenvalue weighted by molar-refractivity contribution is -0.123. The number of rotatable bonds is 5. The summed E-state index contributed by atoms with van der Waals surface area (Å²) in [7, 11) is 3.76. The molecule has 2 amide bonds. The molecule has 2 aromatic rings. The molecule has 0 atom stereocenters. The van der Waals surface area contributed by atoms with E-state index in [1.165, 1.54) is 5.56 Å². The van der Waals surface area contributed by atoms with Gasteiger partial charge in [0.1, 0.15) is 0 Å². The molecule has 8 heteroatoms. The molecule has 0 spiro atoms. The highest BCUT2D eigenvalue weighted by Crippen LogP contribution is 2.09. The SMILES string of the molecule is CN=C(NCc1ccc(C(=O)N2CCNC(=O)C2)cc1)N(C)Cc1ccccc1.I. The fourth-order valence-corrected chi connectivity index (χ4v) is 3.26. The molecule has 3 rings (SSSR count). The highest BCUT2D eigenvalue weighted by molar-refractivity contribution is 14.0. The summed E-state index contributed by atoms with van der Waals surface area (Å²) in [6.07, 6.45) is 0. The minimum Gasteiger partial charge on any atom is -0.353 e. The van der Waals surface area contributed by atoms with Crippen LogP contribution in [0.2, 0.25) is 0 Å². The number of guanidine groups is 1. The number of amides is 2. The van der Waals surface area contributed by atoms with Crippen molar-refractivity contribution in [2.24, 2.45) is 4.99 Å². The van der Waals surface area contributed by atoms with Crippen molar-refractivity contribution >= 4 is 41.8 Å². The van der Waals surface area contributed by atoms with E-state index in [2.05, 4.69) is 32.7 Å². The normalized spacial score (nSPS) is 13.9. The minimum atomic E-state index is -0.114. The van der Waals surface area contributed by atoms with Gasteiger partial charge in [0.15, 0.2) is 5.96 Å². The Morgan fingerprint density at radius 2 is 1.83 bits per heavy atom. The van der Waals surface area contributed by atoms with Gasteiger partial charge in [-0.3, -0.25) is 14.6 Å². The molecule has 0 unspecified atom stereocenters. The van der Waals surface area contributed by atoms with Crippen molar-refractivity contribution in [2.75, 3.05) is 33.7 Å². The van der Waals surface area contributed by atoms with E-state index in [1.807, 2.05) is 49.5 Å². The highest BCUT2D eigenvalue weighted by atomic mass is 127. The highest BCUT2D eigenvalue weighted by Gasteiger charge is 2.22. The second-order valence-corrected chi connectivity index (χ2v) is 7.02. The number of nitrogens with zero attached hydrogens (tertiary/aromatic N) is 3. The van der Waals surface area contributed by atoms with Crippen LogP contribution in [0.3, 0.4) is 0 Å². The van der Waals surface area contributed by atoms with Crippen molar-refractivity contribution < 1.29 is 9.59 Å². The summed E-state index contributed by atoms with van der Waals surface area (Å²) < 4.78 is 0. The van der Waals surface area contributed by atoms with E-state index in [0.29, 0.717) is 25.2 Å². The second kappa shape index (κ2) is 11.5. The topological polar surface area (TPSA) is 77.0 Å². The Kier molecular flexibility index (Phi) is 9.10. The zero-order chi connectivity index (χ0) is 20.6. The van der Waals surface area contributed by atoms with Crippen molar-refractivity contribution in [3.63, 3.8) is 0 Å². The zero-order valence-corrected chi connectivity index (χ0v) is 19.6. The first-order chi connectivity index (χ1) is 14.1. The van der Waals surface area contributed by atoms with Gasteiger partial charge in [-0.25, -0.2) is 0 Å². The Labute approximate surface area is 194 Å². The largest absolute Gasteiger partial charge is 0.353 e. The summed E-state index contributed by atoms with van der Waals surface area (Å²) in [6.45, 7) is 2.52. The number of carbonyl (C=O) groups is 2. The van der Waals surface area contributed by atoms with Crippen LogP contribution in [0.15, 0.2) is 59.6 Å². The Hall–Kier alpha value is -2.62. The molecule has 0 saturated carbocycles. The fraction of sp³-hybridized carbons (Fsp3) is 0.318. The molecule has 0 bridgehead atoms. The first kappa shape index (κ1) is 23.7. The van der Waals surface area contributed by atoms with Crippen molar-refractivity contribution in [3.05, 3.63) is 71.3 Å². The number of benzene rings is 2. The predicted molar refractivity (Wildman–Crippen MR) is 129 cm³/mol. The van der Waals surface area contributed by atoms with Crippen molar-refractivity contribution in [1.82, 2.24) is 20.4 Å². The molecule has 1 aliphatic rings. The van der Waals surface area contributed by atoms with Gasteiger partial charge in [0.2, 0.25) is 5.91 Å². The molecule has 0 radical (unpaired) electrons. The second-order valence-electron chi connectivity index (χ2n) is 7.02. The molecule has 1 aliphatic heterocycles. The lowest BCUT2D eigenvalue weighted by Gasteiger charge is -2.26. The first-order valence-corrected chi connectivity index (χ1v) is 9.67. The Morgan fingerprint density at radius 3 is 2.47 bits per heavy atom. The van der Waals surface area contributed by atoms with Crippen LogP contribution in [-0.4, -0.2) is 61.3 Å². The van der Waals surface area contributed by atoms with Crippen molar-refractivity contribution in [3.8, 4) is 0 Å². The molecule has 160 valence electrons. The Balaban J connectivity index is 0.00000320. The van der Waals surface area contributed by atoms with Crippen molar-refractivity contribution in [1.29, 1.82) is 0 Å². The molecule has 1 heterocycles. The molecular weight excluding hydrogens is 493 g/mol. The van der Waals surface area contributed by atoms with Crippen LogP contribution in [0.1, 0.15) is 21.5 Å². The number of nitrogens with one attached hydrogen (secondary N) is 2. The summed E-state index contributed by atoms with van der Waals surface area (Å²) in [5.74, 6) is 0.572. The van der Waals surface area contributed by atoms with Gasteiger partial charge in [0.25, 0.3) is 5.91 Å². The van der Waals surface area contributed by atoms with E-state index in [-0.39, 0.29) is 42.3 Å². The summed E-state index contributed by atoms with van der Waals surface area (Å²) in [5, 5.41) is 6.08. The van der Waals surface area contributed by atoms with Crippen molar-refractivity contribution in [2.45, 2.75) is 13.1 Å². The maximum Gasteiger partial charge on any atom is 0.254 e. The molecule has 30 heavy (non-hydrogen) atoms. The van der Waals surface area contributed by atoms with E-state index in [0.717, 1.165) is 18.1 Å². The smallest absolute Gasteiger partial charge is 0.254 e. The number of hydrogen-bond acceptors (Lipinski definition) is 3. The van der Waals surface area contributed by atoms with Crippen LogP contribution >= 0.6 is 24.0 Å². The number of carbonyl (C=O) groups excluding carboxylic acids is 2. The monoisotopic (exact) mass is 521 g/mol. The van der Waals surface area contributed by atoms with Crippen LogP contribution in [0.5, 0.6) is 0 Å². The van der Waals surface area contributed by atoms with Gasteiger partial charge in [0, 0.05) is 45.8 Å². The Morgan fingerprint density at radius 1 is 1.13 bits per heavy atom. The summed E-state index contributed by atoms with van der Waals surface area (Å²) in [6, 6.07) is 17.7. The maximum absolute atomic E-state index is 12.5. The van der Waals surface area contributed by atoms with Gasteiger partial charge in [-0.2, -0.15) is 0 Å². The Bertz CT molecular complexity index is 871. The summed E-state index contributed by atoms with van der Waals surface area (Å²) in [5.41, 5.74) is 2.86. The van der Waals surface area contributed by atoms with Crippen LogP contribution < -0.4 is 10.6 Å². The number of piperazine rings is 1. The van der Waals surface area contributed by atoms with Crippen LogP contribution in [0, 0.1) is 0 Å². The third-order valence-electron chi connectivity index (χ3n) is 4.81. The van der Waals surface area contributed by atoms with E-state index < -0.39 is 0 Å². The maximum atomic E-state index is 12.5. The lowest BCUT2D eigenvalue weighted by Crippen LogP contribution is -2.49. The third-order valence-corrected chi connectivity index (χ3v) is 4.81. The number of aliphatic imine (C=N–C) groups is 1. The number of halogens is 1. The van der Waals surface area contributed by atoms with Gasteiger partial charge >= 0.3 is 0 Å². The van der Waals surface area contributed by atoms with Crippen LogP contribution in [-0.2, 0) is 17.9 Å². The minimum absolute atomic E-state index is 0. The fourth-order valence-electron chi connectivity index (χ4n) is 3.26. The zero-order valence-electron chi connectivity index (χ0n) is 17.3. The molecule has 2 aromatic carbocycles. The average Bonchev–Trinajstić information content (AvgIpc) is 2.75. The number of hydrogen-bond donors (Lipinski definition) is 2. The van der Waals surface area contributed by atoms with E-state index in [1.54, 1.807) is 11.9 Å². The lowest BCUT2D eigenvalue weighted by atomic mass is 10.1. The van der Waals surface area contributed by atoms with E-state index in [4.69, 9.17) is 0 Å². The van der Waals surface area contributed by atoms with Gasteiger partial charge in [-0.15, -0.1) is 24.0 Å². The molecule has 0 aromatic heterocycles. The molecular formula is C22H28IN5O2. The molecule has 0 aliphatic carbocycles. The summed E-state index contributed by atoms with van der Waals surface area (Å²) >= 11 is 0. The third kappa shape index (κ3) is 6.45. The molecule has 2 N–H and O–H groups in total. The van der Waals surface area contributed by atoms with Crippen LogP contribution in [0.25, 0.3) is 0 Å². The van der Waals surface area contributed by atoms with Gasteiger partial charge < -0.3 is 20.4 Å². The van der Waals surface area contributed by atoms with Gasteiger partial charge in [0.05, 0.1) is 6.54 Å². The predicted octanol–water partition coefficient (Wildman–Crippen LogP) is 2.08. The van der Waals surface area contributed by atoms with E-state index >= 15 is 0 Å². The van der Waals surface area contributed by atoms with Gasteiger partial charge in [-0.1, -0.05) is 42.5 Å². The average molecular weight is 521 g/mol. The molecule has 7 nitrogen and oxygen atoms in total. The standard InChI is InChI=1S/C22H27N5O2.HI/c1-23-22(26(2)15-18-6-4-3-5-7-18)25-14-17-8-10-19(11-9-17)21(29)27-13-12-24-20(28)16-27;/h3-11H,12-16H2,1-2H3,(H,23,25)(H,24,28);1H. The quantitative estimate of drug-likeness (QED) is 0.359. The summed E-state index contributed by atoms with van der Waals surface area (Å²) in [4.78, 5) is 32.0. The van der Waals surface area contributed by atoms with Gasteiger partial charge in [-0.05, 0) is 23.3 Å². The van der Waals surface area contributed by atoms with E-state index in [9.17, 15) is 9.59 Å². The first-order valence-electron chi connectivity index (χ1n) is 9.67. The van der Waals surface area contributed by atoms with Crippen LogP contribution in [0.4, 0.5) is 0 Å². The molecule has 1 saturated heterocycles.